The largest absolute Gasteiger partial charge is 0.463 e. The van der Waals surface area contributed by atoms with E-state index in [0.29, 0.717) is 12.6 Å². The average Bonchev–Trinajstić information content (AvgIpc) is 3.05. The van der Waals surface area contributed by atoms with Gasteiger partial charge in [0.25, 0.3) is 6.02 Å². The molecule has 0 saturated heterocycles. The second kappa shape index (κ2) is 4.35. The van der Waals surface area contributed by atoms with Crippen LogP contribution in [0.15, 0.2) is 35.5 Å². The lowest BCUT2D eigenvalue weighted by Gasteiger charge is -2.31. The van der Waals surface area contributed by atoms with Crippen LogP contribution in [-0.2, 0) is 24.6 Å². The van der Waals surface area contributed by atoms with E-state index < -0.39 is 0 Å². The Bertz CT molecular complexity index is 734. The minimum Gasteiger partial charge on any atom is -0.463 e. The maximum atomic E-state index is 5.70. The van der Waals surface area contributed by atoms with E-state index in [1.165, 1.54) is 16.7 Å². The molecule has 5 heteroatoms. The van der Waals surface area contributed by atoms with Crippen LogP contribution in [0.25, 0.3) is 11.3 Å². The first-order valence-corrected chi connectivity index (χ1v) is 7.24. The molecule has 2 heterocycles. The highest BCUT2D eigenvalue weighted by Crippen LogP contribution is 2.38. The molecule has 21 heavy (non-hydrogen) atoms. The van der Waals surface area contributed by atoms with Gasteiger partial charge in [-0.05, 0) is 30.0 Å². The summed E-state index contributed by atoms with van der Waals surface area (Å²) < 4.78 is 7.32. The molecule has 0 amide bonds. The fourth-order valence-corrected chi connectivity index (χ4v) is 3.50. The number of aromatic nitrogens is 2. The van der Waals surface area contributed by atoms with Crippen LogP contribution >= 0.6 is 0 Å². The molecule has 1 aliphatic carbocycles. The van der Waals surface area contributed by atoms with Gasteiger partial charge >= 0.3 is 0 Å². The van der Waals surface area contributed by atoms with Gasteiger partial charge in [-0.15, -0.1) is 0 Å². The molecular formula is C16H18N4O. The Morgan fingerprint density at radius 1 is 1.33 bits per heavy atom. The number of benzene rings is 1. The van der Waals surface area contributed by atoms with Crippen molar-refractivity contribution < 1.29 is 4.74 Å². The van der Waals surface area contributed by atoms with Crippen molar-refractivity contribution in [1.29, 1.82) is 0 Å². The lowest BCUT2D eigenvalue weighted by molar-refractivity contribution is 0.235. The Kier molecular flexibility index (Phi) is 2.58. The molecule has 1 aromatic heterocycles. The Morgan fingerprint density at radius 3 is 2.95 bits per heavy atom. The monoisotopic (exact) mass is 282 g/mol. The van der Waals surface area contributed by atoms with E-state index >= 15 is 0 Å². The minimum absolute atomic E-state index is 0.151. The smallest absolute Gasteiger partial charge is 0.282 e. The first-order chi connectivity index (χ1) is 10.2. The van der Waals surface area contributed by atoms with Gasteiger partial charge in [0, 0.05) is 25.2 Å². The second-order valence-corrected chi connectivity index (χ2v) is 5.92. The number of aryl methyl sites for hydroxylation is 1. The normalized spacial score (nSPS) is 23.8. The van der Waals surface area contributed by atoms with E-state index in [1.54, 1.807) is 0 Å². The summed E-state index contributed by atoms with van der Waals surface area (Å²) in [7, 11) is 1.98. The van der Waals surface area contributed by atoms with E-state index in [4.69, 9.17) is 10.5 Å². The maximum Gasteiger partial charge on any atom is 0.282 e. The van der Waals surface area contributed by atoms with Crippen LogP contribution in [0.5, 0.6) is 0 Å². The number of ether oxygens (including phenoxy) is 1. The van der Waals surface area contributed by atoms with Gasteiger partial charge in [-0.2, -0.15) is 5.10 Å². The van der Waals surface area contributed by atoms with E-state index in [1.807, 2.05) is 17.9 Å². The summed E-state index contributed by atoms with van der Waals surface area (Å²) in [5.74, 6) is 0. The fraction of sp³-hybridized carbons (Fsp3) is 0.375. The predicted octanol–water partition coefficient (Wildman–Crippen LogP) is 1.66. The van der Waals surface area contributed by atoms with Gasteiger partial charge in [-0.25, -0.2) is 4.99 Å². The summed E-state index contributed by atoms with van der Waals surface area (Å²) in [6.07, 6.45) is 4.72. The zero-order valence-electron chi connectivity index (χ0n) is 12.0. The third kappa shape index (κ3) is 1.92. The van der Waals surface area contributed by atoms with Crippen molar-refractivity contribution in [3.8, 4) is 11.3 Å². The lowest BCUT2D eigenvalue weighted by atomic mass is 9.77. The van der Waals surface area contributed by atoms with Crippen molar-refractivity contribution in [3.63, 3.8) is 0 Å². The molecule has 5 nitrogen and oxygen atoms in total. The summed E-state index contributed by atoms with van der Waals surface area (Å²) in [4.78, 5) is 4.54. The fourth-order valence-electron chi connectivity index (χ4n) is 3.50. The summed E-state index contributed by atoms with van der Waals surface area (Å²) in [5, 5.41) is 4.28. The van der Waals surface area contributed by atoms with Crippen LogP contribution in [0.1, 0.15) is 17.5 Å². The van der Waals surface area contributed by atoms with Crippen LogP contribution in [0.3, 0.4) is 0 Å². The molecule has 1 spiro atoms. The minimum atomic E-state index is -0.151. The van der Waals surface area contributed by atoms with Crippen LogP contribution in [0.4, 0.5) is 0 Å². The molecule has 1 atom stereocenters. The van der Waals surface area contributed by atoms with E-state index in [-0.39, 0.29) is 5.54 Å². The van der Waals surface area contributed by atoms with Crippen LogP contribution in [0, 0.1) is 0 Å². The van der Waals surface area contributed by atoms with Crippen molar-refractivity contribution in [2.45, 2.75) is 24.8 Å². The number of nitrogens with two attached hydrogens (primary N) is 1. The molecule has 0 saturated carbocycles. The summed E-state index contributed by atoms with van der Waals surface area (Å²) in [5.41, 5.74) is 10.7. The lowest BCUT2D eigenvalue weighted by Crippen LogP contribution is -2.35. The van der Waals surface area contributed by atoms with E-state index in [9.17, 15) is 0 Å². The molecule has 1 aliphatic heterocycles. The molecule has 2 N–H and O–H groups in total. The zero-order valence-corrected chi connectivity index (χ0v) is 12.0. The third-order valence-electron chi connectivity index (χ3n) is 4.57. The number of hydrogen-bond donors (Lipinski definition) is 1. The predicted molar refractivity (Wildman–Crippen MR) is 81.0 cm³/mol. The SMILES string of the molecule is Cn1nccc1-c1cccc2c1CC[C@@]1(COC(N)=N1)C2. The van der Waals surface area contributed by atoms with Gasteiger partial charge in [-0.1, -0.05) is 18.2 Å². The number of fused-ring (bicyclic) bond motifs is 1. The Morgan fingerprint density at radius 2 is 2.24 bits per heavy atom. The van der Waals surface area contributed by atoms with Gasteiger partial charge in [0.05, 0.1) is 5.69 Å². The molecular weight excluding hydrogens is 264 g/mol. The molecule has 1 aromatic carbocycles. The summed E-state index contributed by atoms with van der Waals surface area (Å²) >= 11 is 0. The van der Waals surface area contributed by atoms with Crippen molar-refractivity contribution >= 4 is 6.02 Å². The molecule has 108 valence electrons. The first-order valence-electron chi connectivity index (χ1n) is 7.24. The van der Waals surface area contributed by atoms with Gasteiger partial charge in [0.1, 0.15) is 12.1 Å². The molecule has 2 aliphatic rings. The Hall–Kier alpha value is -2.30. The molecule has 0 fully saturated rings. The second-order valence-electron chi connectivity index (χ2n) is 5.92. The van der Waals surface area contributed by atoms with E-state index in [0.717, 1.165) is 25.0 Å². The number of rotatable bonds is 1. The van der Waals surface area contributed by atoms with Gasteiger partial charge in [0.15, 0.2) is 0 Å². The standard InChI is InChI=1S/C16H18N4O/c1-20-14(6-8-18-20)13-4-2-3-11-9-16(7-5-12(11)13)10-21-15(17)19-16/h2-4,6,8H,5,7,9-10H2,1H3,(H2,17,19)/t16-/m0/s1. The highest BCUT2D eigenvalue weighted by Gasteiger charge is 2.39. The highest BCUT2D eigenvalue weighted by atomic mass is 16.5. The quantitative estimate of drug-likeness (QED) is 0.865. The highest BCUT2D eigenvalue weighted by molar-refractivity contribution is 5.74. The summed E-state index contributed by atoms with van der Waals surface area (Å²) in [6.45, 7) is 0.605. The molecule has 4 rings (SSSR count). The van der Waals surface area contributed by atoms with Crippen molar-refractivity contribution in [1.82, 2.24) is 9.78 Å². The van der Waals surface area contributed by atoms with Crippen LogP contribution < -0.4 is 5.73 Å². The summed E-state index contributed by atoms with van der Waals surface area (Å²) in [6, 6.07) is 8.88. The van der Waals surface area contributed by atoms with Crippen molar-refractivity contribution in [3.05, 3.63) is 41.6 Å². The zero-order chi connectivity index (χ0) is 14.4. The van der Waals surface area contributed by atoms with Gasteiger partial charge < -0.3 is 10.5 Å². The maximum absolute atomic E-state index is 5.70. The van der Waals surface area contributed by atoms with Crippen LogP contribution in [0.2, 0.25) is 0 Å². The Balaban J connectivity index is 1.77. The number of nitrogens with zero attached hydrogens (tertiary/aromatic N) is 3. The Labute approximate surface area is 123 Å². The average molecular weight is 282 g/mol. The van der Waals surface area contributed by atoms with Crippen LogP contribution in [-0.4, -0.2) is 27.9 Å². The third-order valence-corrected chi connectivity index (χ3v) is 4.57. The molecule has 0 radical (unpaired) electrons. The number of amidine groups is 1. The molecule has 2 aromatic rings. The van der Waals surface area contributed by atoms with E-state index in [2.05, 4.69) is 34.4 Å². The molecule has 0 bridgehead atoms. The van der Waals surface area contributed by atoms with Crippen molar-refractivity contribution in [2.24, 2.45) is 17.8 Å². The van der Waals surface area contributed by atoms with Crippen molar-refractivity contribution in [2.75, 3.05) is 6.61 Å². The number of hydrogen-bond acceptors (Lipinski definition) is 4. The number of aliphatic imine (C=N–C) groups is 1. The first kappa shape index (κ1) is 12.4. The topological polar surface area (TPSA) is 65.4 Å². The van der Waals surface area contributed by atoms with Gasteiger partial charge in [0.2, 0.25) is 0 Å². The van der Waals surface area contributed by atoms with Gasteiger partial charge in [-0.3, -0.25) is 4.68 Å². The molecule has 0 unspecified atom stereocenters.